The molecule has 0 aliphatic carbocycles. The average molecular weight is 452 g/mol. The summed E-state index contributed by atoms with van der Waals surface area (Å²) in [5.41, 5.74) is -0.894. The molecule has 0 aromatic carbocycles. The van der Waals surface area contributed by atoms with E-state index in [-0.39, 0.29) is 4.92 Å². The number of hydrogen-bond acceptors (Lipinski definition) is 5. The quantitative estimate of drug-likeness (QED) is 0.126. The van der Waals surface area contributed by atoms with Crippen LogP contribution in [0.2, 0.25) is 58.9 Å². The summed E-state index contributed by atoms with van der Waals surface area (Å²) in [5.74, 6) is 0. The monoisotopic (exact) mass is 451 g/mol. The van der Waals surface area contributed by atoms with Crippen molar-refractivity contribution in [3.8, 4) is 0 Å². The third kappa shape index (κ3) is 14.9. The first-order valence-electron chi connectivity index (χ1n) is 10.6. The molecular formula is C19H45NO5Si3. The smallest absolute Gasteiger partial charge is 0.222 e. The van der Waals surface area contributed by atoms with Crippen LogP contribution < -0.4 is 0 Å². The van der Waals surface area contributed by atoms with Crippen molar-refractivity contribution < 1.29 is 18.2 Å². The summed E-state index contributed by atoms with van der Waals surface area (Å²) in [4.78, 5) is 12.1. The second-order valence-electron chi connectivity index (χ2n) is 10.7. The Hall–Kier alpha value is -0.0694. The number of nitrogens with zero attached hydrogens (tertiary/aromatic N) is 1. The summed E-state index contributed by atoms with van der Waals surface area (Å²) >= 11 is 0. The zero-order valence-electron chi connectivity index (χ0n) is 19.9. The third-order valence-electron chi connectivity index (χ3n) is 4.35. The number of nitro groups is 1. The predicted octanol–water partition coefficient (Wildman–Crippen LogP) is 5.90. The van der Waals surface area contributed by atoms with Crippen LogP contribution in [0, 0.1) is 10.1 Å². The number of rotatable bonds is 16. The standard InChI is InChI=1S/C19H45NO5Si3/c1-26(2,3)23-16-10-13-19(20(21)22,14-11-17-24-27(4,5)6)15-12-18-25-28(7,8)9/h10-18H2,1-9H3. The highest BCUT2D eigenvalue weighted by Gasteiger charge is 2.41. The van der Waals surface area contributed by atoms with Crippen LogP contribution in [0.15, 0.2) is 0 Å². The molecule has 6 nitrogen and oxygen atoms in total. The molecule has 0 N–H and O–H groups in total. The molecule has 0 saturated heterocycles. The summed E-state index contributed by atoms with van der Waals surface area (Å²) < 4.78 is 17.8. The molecule has 0 saturated carbocycles. The van der Waals surface area contributed by atoms with Crippen LogP contribution in [0.4, 0.5) is 0 Å². The average Bonchev–Trinajstić information content (AvgIpc) is 2.48. The van der Waals surface area contributed by atoms with Gasteiger partial charge in [-0.3, -0.25) is 10.1 Å². The van der Waals surface area contributed by atoms with E-state index in [4.69, 9.17) is 13.3 Å². The summed E-state index contributed by atoms with van der Waals surface area (Å²) in [6.07, 6.45) is 3.87. The van der Waals surface area contributed by atoms with E-state index in [1.165, 1.54) is 0 Å². The van der Waals surface area contributed by atoms with E-state index in [1.807, 2.05) is 0 Å². The van der Waals surface area contributed by atoms with Crippen LogP contribution in [0.1, 0.15) is 38.5 Å². The zero-order valence-corrected chi connectivity index (χ0v) is 22.9. The van der Waals surface area contributed by atoms with E-state index in [9.17, 15) is 10.1 Å². The van der Waals surface area contributed by atoms with Gasteiger partial charge in [0.15, 0.2) is 25.0 Å². The molecule has 0 amide bonds. The molecule has 0 aliphatic heterocycles. The van der Waals surface area contributed by atoms with E-state index in [0.29, 0.717) is 39.1 Å². The second-order valence-corrected chi connectivity index (χ2v) is 24.2. The highest BCUT2D eigenvalue weighted by molar-refractivity contribution is 6.70. The van der Waals surface area contributed by atoms with E-state index in [2.05, 4.69) is 58.9 Å². The lowest BCUT2D eigenvalue weighted by Gasteiger charge is -2.28. The van der Waals surface area contributed by atoms with Crippen LogP contribution in [-0.4, -0.2) is 55.2 Å². The Morgan fingerprint density at radius 2 is 0.893 bits per heavy atom. The fourth-order valence-electron chi connectivity index (χ4n) is 2.99. The molecule has 0 unspecified atom stereocenters. The van der Waals surface area contributed by atoms with Crippen molar-refractivity contribution in [3.63, 3.8) is 0 Å². The van der Waals surface area contributed by atoms with Crippen molar-refractivity contribution in [2.45, 2.75) is 103 Å². The molecule has 0 aromatic rings. The van der Waals surface area contributed by atoms with Gasteiger partial charge in [0.2, 0.25) is 5.54 Å². The van der Waals surface area contributed by atoms with Crippen molar-refractivity contribution >= 4 is 25.0 Å². The highest BCUT2D eigenvalue weighted by Crippen LogP contribution is 2.30. The molecular weight excluding hydrogens is 406 g/mol. The van der Waals surface area contributed by atoms with Crippen LogP contribution in [0.3, 0.4) is 0 Å². The lowest BCUT2D eigenvalue weighted by Crippen LogP contribution is -2.40. The predicted molar refractivity (Wildman–Crippen MR) is 125 cm³/mol. The Balaban J connectivity index is 4.86. The van der Waals surface area contributed by atoms with Crippen LogP contribution in [0.25, 0.3) is 0 Å². The first-order chi connectivity index (χ1) is 12.6. The van der Waals surface area contributed by atoms with Crippen LogP contribution >= 0.6 is 0 Å². The molecule has 0 rings (SSSR count). The van der Waals surface area contributed by atoms with Gasteiger partial charge in [-0.1, -0.05) is 0 Å². The third-order valence-corrected chi connectivity index (χ3v) is 7.56. The molecule has 0 heterocycles. The van der Waals surface area contributed by atoms with Gasteiger partial charge in [-0.2, -0.15) is 0 Å². The molecule has 0 bridgehead atoms. The Kier molecular flexibility index (Phi) is 11.9. The van der Waals surface area contributed by atoms with Gasteiger partial charge in [0, 0.05) is 44.0 Å². The van der Waals surface area contributed by atoms with Gasteiger partial charge in [0.1, 0.15) is 0 Å². The normalized spacial score (nSPS) is 13.8. The molecule has 0 fully saturated rings. The maximum atomic E-state index is 12.1. The summed E-state index contributed by atoms with van der Waals surface area (Å²) in [7, 11) is -4.76. The summed E-state index contributed by atoms with van der Waals surface area (Å²) in [6, 6.07) is 0. The largest absolute Gasteiger partial charge is 0.418 e. The topological polar surface area (TPSA) is 70.8 Å². The fourth-order valence-corrected chi connectivity index (χ4v) is 5.26. The Morgan fingerprint density at radius 1 is 0.643 bits per heavy atom. The SMILES string of the molecule is C[Si](C)(C)OCCCC(CCCO[Si](C)(C)C)(CCCO[Si](C)(C)C)[N+](=O)[O-]. The van der Waals surface area contributed by atoms with E-state index in [0.717, 1.165) is 19.3 Å². The lowest BCUT2D eigenvalue weighted by molar-refractivity contribution is -0.574. The summed E-state index contributed by atoms with van der Waals surface area (Å²) in [5, 5.41) is 12.1. The van der Waals surface area contributed by atoms with E-state index in [1.54, 1.807) is 0 Å². The minimum atomic E-state index is -1.59. The van der Waals surface area contributed by atoms with Crippen molar-refractivity contribution in [1.82, 2.24) is 0 Å². The second kappa shape index (κ2) is 11.9. The van der Waals surface area contributed by atoms with Crippen molar-refractivity contribution in [2.75, 3.05) is 19.8 Å². The minimum Gasteiger partial charge on any atom is -0.418 e. The van der Waals surface area contributed by atoms with Crippen molar-refractivity contribution in [2.24, 2.45) is 0 Å². The van der Waals surface area contributed by atoms with Gasteiger partial charge in [0.05, 0.1) is 0 Å². The van der Waals surface area contributed by atoms with E-state index >= 15 is 0 Å². The molecule has 0 radical (unpaired) electrons. The summed E-state index contributed by atoms with van der Waals surface area (Å²) in [6.45, 7) is 21.2. The molecule has 168 valence electrons. The van der Waals surface area contributed by atoms with Crippen LogP contribution in [-0.2, 0) is 13.3 Å². The van der Waals surface area contributed by atoms with Crippen molar-refractivity contribution in [3.05, 3.63) is 10.1 Å². The van der Waals surface area contributed by atoms with E-state index < -0.39 is 30.5 Å². The minimum absolute atomic E-state index is 0.0372. The number of hydrogen-bond donors (Lipinski definition) is 0. The van der Waals surface area contributed by atoms with Gasteiger partial charge >= 0.3 is 0 Å². The molecule has 9 heteroatoms. The molecule has 28 heavy (non-hydrogen) atoms. The Morgan fingerprint density at radius 3 is 1.07 bits per heavy atom. The zero-order chi connectivity index (χ0) is 22.1. The van der Waals surface area contributed by atoms with Crippen LogP contribution in [0.5, 0.6) is 0 Å². The molecule has 0 spiro atoms. The first kappa shape index (κ1) is 27.9. The van der Waals surface area contributed by atoms with Gasteiger partial charge in [-0.05, 0) is 78.2 Å². The molecule has 0 aromatic heterocycles. The van der Waals surface area contributed by atoms with Crippen molar-refractivity contribution in [1.29, 1.82) is 0 Å². The maximum absolute atomic E-state index is 12.1. The Labute approximate surface area is 176 Å². The van der Waals surface area contributed by atoms with Gasteiger partial charge in [-0.15, -0.1) is 0 Å². The maximum Gasteiger partial charge on any atom is 0.222 e. The van der Waals surface area contributed by atoms with Gasteiger partial charge in [-0.25, -0.2) is 0 Å². The fraction of sp³-hybridized carbons (Fsp3) is 1.00. The van der Waals surface area contributed by atoms with Gasteiger partial charge < -0.3 is 13.3 Å². The molecule has 0 aliphatic rings. The Bertz CT molecular complexity index is 401. The molecule has 0 atom stereocenters. The highest BCUT2D eigenvalue weighted by atomic mass is 28.4. The van der Waals surface area contributed by atoms with Gasteiger partial charge in [0.25, 0.3) is 0 Å². The first-order valence-corrected chi connectivity index (χ1v) is 20.9. The lowest BCUT2D eigenvalue weighted by atomic mass is 9.84.